The summed E-state index contributed by atoms with van der Waals surface area (Å²) in [4.78, 5) is 12.5. The third-order valence-electron chi connectivity index (χ3n) is 3.14. The molecule has 0 saturated heterocycles. The van der Waals surface area contributed by atoms with Crippen molar-refractivity contribution in [1.29, 1.82) is 0 Å². The normalized spacial score (nSPS) is 9.67. The summed E-state index contributed by atoms with van der Waals surface area (Å²) in [5, 5.41) is 2.93. The highest BCUT2D eigenvalue weighted by Crippen LogP contribution is 2.17. The fourth-order valence-electron chi connectivity index (χ4n) is 2.00. The van der Waals surface area contributed by atoms with Gasteiger partial charge in [0.25, 0.3) is 5.91 Å². The van der Waals surface area contributed by atoms with Crippen molar-refractivity contribution in [2.45, 2.75) is 13.8 Å². The van der Waals surface area contributed by atoms with Gasteiger partial charge in [0, 0.05) is 11.3 Å². The monoisotopic (exact) mass is 278 g/mol. The van der Waals surface area contributed by atoms with Crippen molar-refractivity contribution in [3.8, 4) is 11.8 Å². The molecule has 0 radical (unpaired) electrons. The molecule has 0 aliphatic rings. The Kier molecular flexibility index (Phi) is 4.76. The second-order valence-electron chi connectivity index (χ2n) is 4.82. The summed E-state index contributed by atoms with van der Waals surface area (Å²) in [5.74, 6) is 5.58. The van der Waals surface area contributed by atoms with Gasteiger partial charge >= 0.3 is 0 Å². The van der Waals surface area contributed by atoms with Crippen molar-refractivity contribution in [3.63, 3.8) is 0 Å². The molecular weight excluding hydrogens is 260 g/mol. The molecule has 3 nitrogen and oxygen atoms in total. The van der Waals surface area contributed by atoms with Crippen LogP contribution < -0.4 is 11.1 Å². The van der Waals surface area contributed by atoms with Crippen LogP contribution in [-0.2, 0) is 0 Å². The minimum atomic E-state index is -0.158. The number of carbonyl (C=O) groups excluding carboxylic acids is 1. The van der Waals surface area contributed by atoms with Gasteiger partial charge in [0.2, 0.25) is 0 Å². The average molecular weight is 278 g/mol. The topological polar surface area (TPSA) is 55.1 Å². The van der Waals surface area contributed by atoms with Crippen molar-refractivity contribution < 1.29 is 4.79 Å². The summed E-state index contributed by atoms with van der Waals surface area (Å²) < 4.78 is 0. The summed E-state index contributed by atoms with van der Waals surface area (Å²) in [5.41, 5.74) is 9.51. The predicted molar refractivity (Wildman–Crippen MR) is 86.2 cm³/mol. The van der Waals surface area contributed by atoms with E-state index >= 15 is 0 Å². The highest BCUT2D eigenvalue weighted by Gasteiger charge is 2.11. The Morgan fingerprint density at radius 2 is 1.95 bits per heavy atom. The van der Waals surface area contributed by atoms with E-state index in [1.807, 2.05) is 56.3 Å². The average Bonchev–Trinajstić information content (AvgIpc) is 2.48. The van der Waals surface area contributed by atoms with Crippen molar-refractivity contribution in [2.75, 3.05) is 11.9 Å². The van der Waals surface area contributed by atoms with Crippen LogP contribution in [0.1, 0.15) is 27.0 Å². The summed E-state index contributed by atoms with van der Waals surface area (Å²) >= 11 is 0. The maximum Gasteiger partial charge on any atom is 0.256 e. The molecule has 0 atom stereocenters. The van der Waals surface area contributed by atoms with Crippen molar-refractivity contribution in [2.24, 2.45) is 5.73 Å². The number of rotatable bonds is 2. The molecule has 0 unspecified atom stereocenters. The third-order valence-corrected chi connectivity index (χ3v) is 3.14. The first-order chi connectivity index (χ1) is 10.1. The summed E-state index contributed by atoms with van der Waals surface area (Å²) in [6.07, 6.45) is 0. The quantitative estimate of drug-likeness (QED) is 0.830. The molecule has 0 spiro atoms. The van der Waals surface area contributed by atoms with E-state index in [1.165, 1.54) is 0 Å². The molecule has 106 valence electrons. The first-order valence-corrected chi connectivity index (χ1v) is 6.78. The Morgan fingerprint density at radius 3 is 2.67 bits per heavy atom. The Bertz CT molecular complexity index is 723. The first-order valence-electron chi connectivity index (χ1n) is 6.78. The lowest BCUT2D eigenvalue weighted by Gasteiger charge is -2.10. The zero-order valence-corrected chi connectivity index (χ0v) is 12.2. The van der Waals surface area contributed by atoms with Crippen LogP contribution in [0.4, 0.5) is 5.69 Å². The number of nitrogens with two attached hydrogens (primary N) is 1. The van der Waals surface area contributed by atoms with Crippen LogP contribution in [-0.4, -0.2) is 12.5 Å². The van der Waals surface area contributed by atoms with Crippen molar-refractivity contribution >= 4 is 11.6 Å². The van der Waals surface area contributed by atoms with E-state index in [0.29, 0.717) is 11.1 Å². The largest absolute Gasteiger partial charge is 0.322 e. The van der Waals surface area contributed by atoms with Crippen LogP contribution in [0, 0.1) is 25.7 Å². The Hall–Kier alpha value is -2.57. The summed E-state index contributed by atoms with van der Waals surface area (Å²) in [6.45, 7) is 4.18. The van der Waals surface area contributed by atoms with Gasteiger partial charge in [0.15, 0.2) is 0 Å². The van der Waals surface area contributed by atoms with Crippen LogP contribution in [0.5, 0.6) is 0 Å². The number of amides is 1. The van der Waals surface area contributed by atoms with Crippen molar-refractivity contribution in [3.05, 3.63) is 64.7 Å². The zero-order chi connectivity index (χ0) is 15.2. The van der Waals surface area contributed by atoms with E-state index < -0.39 is 0 Å². The highest BCUT2D eigenvalue weighted by molar-refractivity contribution is 6.06. The number of hydrogen-bond donors (Lipinski definition) is 2. The van der Waals surface area contributed by atoms with Gasteiger partial charge < -0.3 is 11.1 Å². The molecule has 0 bridgehead atoms. The van der Waals surface area contributed by atoms with E-state index in [4.69, 9.17) is 5.73 Å². The van der Waals surface area contributed by atoms with Gasteiger partial charge in [-0.1, -0.05) is 41.7 Å². The molecule has 2 rings (SSSR count). The Labute approximate surface area is 125 Å². The lowest BCUT2D eigenvalue weighted by Crippen LogP contribution is -2.14. The van der Waals surface area contributed by atoms with E-state index in [-0.39, 0.29) is 12.5 Å². The van der Waals surface area contributed by atoms with Gasteiger partial charge in [-0.2, -0.15) is 0 Å². The number of benzene rings is 2. The van der Waals surface area contributed by atoms with E-state index in [2.05, 4.69) is 17.2 Å². The fourth-order valence-corrected chi connectivity index (χ4v) is 2.00. The summed E-state index contributed by atoms with van der Waals surface area (Å²) in [6, 6.07) is 13.3. The van der Waals surface area contributed by atoms with Gasteiger partial charge in [-0.25, -0.2) is 0 Å². The van der Waals surface area contributed by atoms with Crippen LogP contribution in [0.25, 0.3) is 0 Å². The molecule has 1 amide bonds. The number of para-hydroxylation sites is 1. The minimum Gasteiger partial charge on any atom is -0.322 e. The second-order valence-corrected chi connectivity index (χ2v) is 4.82. The SMILES string of the molecule is Cc1ccc(C#CCN)c(C(=O)Nc2ccccc2C)c1. The van der Waals surface area contributed by atoms with Crippen molar-refractivity contribution in [1.82, 2.24) is 0 Å². The van der Waals surface area contributed by atoms with Gasteiger partial charge in [-0.15, -0.1) is 0 Å². The molecule has 2 aromatic carbocycles. The molecule has 0 saturated carbocycles. The molecule has 0 aliphatic carbocycles. The molecule has 0 heterocycles. The molecule has 3 heteroatoms. The first kappa shape index (κ1) is 14.8. The number of carbonyl (C=O) groups is 1. The Morgan fingerprint density at radius 1 is 1.19 bits per heavy atom. The smallest absolute Gasteiger partial charge is 0.256 e. The molecular formula is C18H18N2O. The van der Waals surface area contributed by atoms with E-state index in [0.717, 1.165) is 16.8 Å². The number of anilines is 1. The maximum absolute atomic E-state index is 12.5. The lowest BCUT2D eigenvalue weighted by molar-refractivity contribution is 0.102. The fraction of sp³-hybridized carbons (Fsp3) is 0.167. The maximum atomic E-state index is 12.5. The van der Waals surface area contributed by atoms with Crippen LogP contribution in [0.15, 0.2) is 42.5 Å². The van der Waals surface area contributed by atoms with Gasteiger partial charge in [-0.3, -0.25) is 4.79 Å². The van der Waals surface area contributed by atoms with Gasteiger partial charge in [0.05, 0.1) is 12.1 Å². The molecule has 2 aromatic rings. The molecule has 0 aliphatic heterocycles. The predicted octanol–water partition coefficient (Wildman–Crippen LogP) is 2.87. The van der Waals surface area contributed by atoms with E-state index in [1.54, 1.807) is 0 Å². The molecule has 0 aromatic heterocycles. The third kappa shape index (κ3) is 3.71. The van der Waals surface area contributed by atoms with Gasteiger partial charge in [0.1, 0.15) is 0 Å². The number of hydrogen-bond acceptors (Lipinski definition) is 2. The summed E-state index contributed by atoms with van der Waals surface area (Å²) in [7, 11) is 0. The number of aryl methyl sites for hydroxylation is 2. The second kappa shape index (κ2) is 6.74. The highest BCUT2D eigenvalue weighted by atomic mass is 16.1. The molecule has 21 heavy (non-hydrogen) atoms. The van der Waals surface area contributed by atoms with Gasteiger partial charge in [-0.05, 0) is 37.6 Å². The van der Waals surface area contributed by atoms with Crippen LogP contribution >= 0.6 is 0 Å². The van der Waals surface area contributed by atoms with E-state index in [9.17, 15) is 4.79 Å². The standard InChI is InChI=1S/C18H18N2O/c1-13-9-10-15(7-5-11-19)16(12-13)18(21)20-17-8-4-3-6-14(17)2/h3-4,6,8-10,12H,11,19H2,1-2H3,(H,20,21). The number of nitrogens with one attached hydrogen (secondary N) is 1. The molecule has 3 N–H and O–H groups in total. The lowest BCUT2D eigenvalue weighted by atomic mass is 10.0. The van der Waals surface area contributed by atoms with Crippen LogP contribution in [0.2, 0.25) is 0 Å². The molecule has 0 fully saturated rings. The zero-order valence-electron chi connectivity index (χ0n) is 12.2. The van der Waals surface area contributed by atoms with Crippen LogP contribution in [0.3, 0.4) is 0 Å². The Balaban J connectivity index is 2.34. The minimum absolute atomic E-state index is 0.158.